The van der Waals surface area contributed by atoms with E-state index in [4.69, 9.17) is 0 Å². The van der Waals surface area contributed by atoms with Gasteiger partial charge < -0.3 is 15.6 Å². The SMILES string of the molecule is O=C(NC(F)C(F)F)[C@@H](CC(F)F)c1ccc2[nH]c([C@@H](NC(=O)C3(F)CC3)C3CCC(F)(F)CC3)nc2c1F. The summed E-state index contributed by atoms with van der Waals surface area (Å²) in [6, 6.07) is 0.967. The summed E-state index contributed by atoms with van der Waals surface area (Å²) in [5.41, 5.74) is -3.29. The van der Waals surface area contributed by atoms with Crippen molar-refractivity contribution >= 4 is 22.8 Å². The third-order valence-corrected chi connectivity index (χ3v) is 7.16. The van der Waals surface area contributed by atoms with Gasteiger partial charge in [-0.05, 0) is 37.7 Å². The van der Waals surface area contributed by atoms with Gasteiger partial charge in [0.15, 0.2) is 11.5 Å². The summed E-state index contributed by atoms with van der Waals surface area (Å²) in [5, 5.41) is 3.72. The lowest BCUT2D eigenvalue weighted by Gasteiger charge is -2.33. The van der Waals surface area contributed by atoms with E-state index in [-0.39, 0.29) is 37.0 Å². The lowest BCUT2D eigenvalue weighted by molar-refractivity contribution is -0.129. The van der Waals surface area contributed by atoms with Gasteiger partial charge in [0.1, 0.15) is 11.3 Å². The van der Waals surface area contributed by atoms with Crippen molar-refractivity contribution < 1.29 is 49.1 Å². The van der Waals surface area contributed by atoms with E-state index >= 15 is 4.39 Å². The van der Waals surface area contributed by atoms with Crippen molar-refractivity contribution in [3.63, 3.8) is 0 Å². The van der Waals surface area contributed by atoms with Gasteiger partial charge in [0.25, 0.3) is 12.3 Å². The molecule has 216 valence electrons. The van der Waals surface area contributed by atoms with Gasteiger partial charge in [-0.15, -0.1) is 0 Å². The molecule has 3 N–H and O–H groups in total. The zero-order valence-electron chi connectivity index (χ0n) is 20.2. The number of imidazole rings is 1. The van der Waals surface area contributed by atoms with Gasteiger partial charge in [0.2, 0.25) is 24.6 Å². The molecule has 39 heavy (non-hydrogen) atoms. The zero-order chi connectivity index (χ0) is 28.7. The Morgan fingerprint density at radius 2 is 1.64 bits per heavy atom. The lowest BCUT2D eigenvalue weighted by atomic mass is 9.81. The molecule has 0 bridgehead atoms. The Hall–Kier alpha value is -3.00. The van der Waals surface area contributed by atoms with E-state index in [9.17, 15) is 44.7 Å². The fourth-order valence-electron chi connectivity index (χ4n) is 4.76. The van der Waals surface area contributed by atoms with Gasteiger partial charge in [0.05, 0.1) is 17.5 Å². The van der Waals surface area contributed by atoms with Crippen LogP contribution >= 0.6 is 0 Å². The fourth-order valence-corrected chi connectivity index (χ4v) is 4.76. The minimum atomic E-state index is -3.65. The predicted octanol–water partition coefficient (Wildman–Crippen LogP) is 5.60. The number of hydrogen-bond acceptors (Lipinski definition) is 3. The number of H-pyrrole nitrogens is 1. The second-order valence-corrected chi connectivity index (χ2v) is 10.0. The fraction of sp³-hybridized carbons (Fsp3) is 0.625. The van der Waals surface area contributed by atoms with E-state index in [2.05, 4.69) is 15.3 Å². The van der Waals surface area contributed by atoms with Crippen LogP contribution in [0.4, 0.5) is 39.5 Å². The summed E-state index contributed by atoms with van der Waals surface area (Å²) in [4.78, 5) is 31.6. The molecule has 0 radical (unpaired) electrons. The molecule has 2 aromatic rings. The van der Waals surface area contributed by atoms with Crippen LogP contribution in [0.15, 0.2) is 12.1 Å². The number of fused-ring (bicyclic) bond motifs is 1. The number of benzene rings is 1. The van der Waals surface area contributed by atoms with Crippen molar-refractivity contribution in [2.45, 2.75) is 87.6 Å². The van der Waals surface area contributed by atoms with Crippen LogP contribution in [-0.4, -0.2) is 52.5 Å². The van der Waals surface area contributed by atoms with Crippen molar-refractivity contribution in [3.8, 4) is 0 Å². The molecule has 4 rings (SSSR count). The van der Waals surface area contributed by atoms with Gasteiger partial charge >= 0.3 is 0 Å². The normalized spacial score (nSPS) is 21.1. The number of nitrogens with one attached hydrogen (secondary N) is 3. The number of aromatic nitrogens is 2. The number of halogens is 9. The molecule has 0 aliphatic heterocycles. The summed E-state index contributed by atoms with van der Waals surface area (Å²) in [5.74, 6) is -9.54. The van der Waals surface area contributed by atoms with Crippen LogP contribution in [0.1, 0.15) is 68.3 Å². The molecule has 6 nitrogen and oxygen atoms in total. The maximum atomic E-state index is 15.5. The van der Waals surface area contributed by atoms with Crippen LogP contribution in [0.3, 0.4) is 0 Å². The first-order valence-corrected chi connectivity index (χ1v) is 12.3. The number of carbonyl (C=O) groups is 2. The van der Waals surface area contributed by atoms with Crippen LogP contribution in [0.5, 0.6) is 0 Å². The molecule has 1 aromatic heterocycles. The Kier molecular flexibility index (Phi) is 8.08. The highest BCUT2D eigenvalue weighted by atomic mass is 19.3. The summed E-state index contributed by atoms with van der Waals surface area (Å²) >= 11 is 0. The number of nitrogens with zero attached hydrogens (tertiary/aromatic N) is 1. The third-order valence-electron chi connectivity index (χ3n) is 7.16. The van der Waals surface area contributed by atoms with Crippen molar-refractivity contribution in [2.24, 2.45) is 5.92 Å². The van der Waals surface area contributed by atoms with Gasteiger partial charge in [0, 0.05) is 24.8 Å². The first kappa shape index (κ1) is 29.0. The molecule has 0 saturated heterocycles. The Balaban J connectivity index is 1.68. The molecule has 1 heterocycles. The molecule has 2 amide bonds. The molecule has 15 heteroatoms. The monoisotopic (exact) mass is 572 g/mol. The van der Waals surface area contributed by atoms with Crippen molar-refractivity contribution in [1.29, 1.82) is 0 Å². The van der Waals surface area contributed by atoms with Gasteiger partial charge in [-0.1, -0.05) is 6.07 Å². The number of amides is 2. The van der Waals surface area contributed by atoms with E-state index in [0.29, 0.717) is 0 Å². The summed E-state index contributed by atoms with van der Waals surface area (Å²) in [6.07, 6.45) is -12.5. The molecule has 1 unspecified atom stereocenters. The lowest BCUT2D eigenvalue weighted by Crippen LogP contribution is -2.41. The second kappa shape index (κ2) is 10.9. The first-order valence-electron chi connectivity index (χ1n) is 12.3. The summed E-state index contributed by atoms with van der Waals surface area (Å²) in [7, 11) is 0. The minimum Gasteiger partial charge on any atom is -0.343 e. The van der Waals surface area contributed by atoms with E-state index in [1.54, 1.807) is 0 Å². The average Bonchev–Trinajstić information content (AvgIpc) is 3.46. The minimum absolute atomic E-state index is 0.0225. The molecule has 2 aliphatic rings. The Labute approximate surface area is 216 Å². The van der Waals surface area contributed by atoms with E-state index < -0.39 is 96.6 Å². The second-order valence-electron chi connectivity index (χ2n) is 10.0. The number of alkyl halides is 8. The number of rotatable bonds is 10. The summed E-state index contributed by atoms with van der Waals surface area (Å²) < 4.78 is 122. The molecule has 1 aromatic carbocycles. The molecule has 0 spiro atoms. The Morgan fingerprint density at radius 3 is 2.21 bits per heavy atom. The van der Waals surface area contributed by atoms with Crippen molar-refractivity contribution in [1.82, 2.24) is 20.6 Å². The topological polar surface area (TPSA) is 86.9 Å². The van der Waals surface area contributed by atoms with Crippen LogP contribution in [0.25, 0.3) is 11.0 Å². The number of aromatic amines is 1. The van der Waals surface area contributed by atoms with E-state index in [1.807, 2.05) is 0 Å². The van der Waals surface area contributed by atoms with Crippen molar-refractivity contribution in [3.05, 3.63) is 29.3 Å². The molecular weight excluding hydrogens is 547 g/mol. The Bertz CT molecular complexity index is 1210. The molecule has 2 aliphatic carbocycles. The van der Waals surface area contributed by atoms with Crippen LogP contribution < -0.4 is 10.6 Å². The van der Waals surface area contributed by atoms with Crippen LogP contribution in [0, 0.1) is 11.7 Å². The van der Waals surface area contributed by atoms with Gasteiger partial charge in [-0.25, -0.2) is 44.5 Å². The highest BCUT2D eigenvalue weighted by Gasteiger charge is 2.52. The molecule has 2 fully saturated rings. The smallest absolute Gasteiger partial charge is 0.287 e. The van der Waals surface area contributed by atoms with Gasteiger partial charge in [-0.3, -0.25) is 9.59 Å². The molecule has 3 atom stereocenters. The molecular formula is C24H25F9N4O2. The quantitative estimate of drug-likeness (QED) is 0.256. The maximum Gasteiger partial charge on any atom is 0.287 e. The largest absolute Gasteiger partial charge is 0.343 e. The van der Waals surface area contributed by atoms with E-state index in [0.717, 1.165) is 12.1 Å². The van der Waals surface area contributed by atoms with Crippen LogP contribution in [0.2, 0.25) is 0 Å². The predicted molar refractivity (Wildman–Crippen MR) is 119 cm³/mol. The zero-order valence-corrected chi connectivity index (χ0v) is 20.2. The summed E-state index contributed by atoms with van der Waals surface area (Å²) in [6.45, 7) is 0. The number of carbonyl (C=O) groups excluding carboxylic acids is 2. The highest BCUT2D eigenvalue weighted by Crippen LogP contribution is 2.44. The third kappa shape index (κ3) is 6.43. The maximum absolute atomic E-state index is 15.5. The van der Waals surface area contributed by atoms with Gasteiger partial charge in [-0.2, -0.15) is 0 Å². The van der Waals surface area contributed by atoms with Crippen LogP contribution in [-0.2, 0) is 9.59 Å². The highest BCUT2D eigenvalue weighted by molar-refractivity contribution is 5.88. The molecule has 2 saturated carbocycles. The average molecular weight is 572 g/mol. The standard InChI is InChI=1S/C24H25F9N4O2/c25-14(26)9-12(21(38)37-19(30)18(28)29)11-1-2-13-17(15(11)27)35-20(34-13)16(36-22(39)23(31)7-8-23)10-3-5-24(32,33)6-4-10/h1-2,10,12,14,16,18-19H,3-9H2,(H,34,35)(H,36,39)(H,37,38)/t12-,16-,19?/m0/s1. The van der Waals surface area contributed by atoms with Crippen molar-refractivity contribution in [2.75, 3.05) is 0 Å². The van der Waals surface area contributed by atoms with E-state index in [1.165, 1.54) is 5.32 Å². The Morgan fingerprint density at radius 1 is 1.00 bits per heavy atom. The number of hydrogen-bond donors (Lipinski definition) is 3. The first-order chi connectivity index (χ1) is 18.2.